The fourth-order valence-electron chi connectivity index (χ4n) is 2.46. The molecule has 4 heteroatoms. The molecule has 1 aromatic heterocycles. The topological polar surface area (TPSA) is 63.8 Å². The van der Waals surface area contributed by atoms with E-state index < -0.39 is 0 Å². The Morgan fingerprint density at radius 2 is 2.00 bits per heavy atom. The standard InChI is InChI=1S/C14H24N4/c1-9(2)13-8-10(3)16-14(18-13)17-12-7-5-4-6-11(12)15/h8-9,11-12H,4-7,15H2,1-3H3,(H,16,17,18)/t11-,12-/m1/s1. The minimum Gasteiger partial charge on any atom is -0.350 e. The van der Waals surface area contributed by atoms with Crippen LogP contribution in [-0.2, 0) is 0 Å². The molecule has 1 aromatic rings. The predicted octanol–water partition coefficient (Wildman–Crippen LogP) is 2.59. The van der Waals surface area contributed by atoms with Crippen LogP contribution < -0.4 is 11.1 Å². The highest BCUT2D eigenvalue weighted by atomic mass is 15.1. The molecule has 0 aromatic carbocycles. The second-order valence-electron chi connectivity index (χ2n) is 5.61. The van der Waals surface area contributed by atoms with Crippen molar-refractivity contribution in [3.8, 4) is 0 Å². The van der Waals surface area contributed by atoms with Gasteiger partial charge in [0.1, 0.15) is 0 Å². The lowest BCUT2D eigenvalue weighted by molar-refractivity contribution is 0.402. The fraction of sp³-hybridized carbons (Fsp3) is 0.714. The van der Waals surface area contributed by atoms with Crippen LogP contribution in [0.15, 0.2) is 6.07 Å². The molecule has 4 nitrogen and oxygen atoms in total. The first kappa shape index (κ1) is 13.3. The second-order valence-corrected chi connectivity index (χ2v) is 5.61. The summed E-state index contributed by atoms with van der Waals surface area (Å²) in [4.78, 5) is 9.05. The Hall–Kier alpha value is -1.16. The van der Waals surface area contributed by atoms with Crippen molar-refractivity contribution in [2.24, 2.45) is 5.73 Å². The van der Waals surface area contributed by atoms with Crippen molar-refractivity contribution in [2.75, 3.05) is 5.32 Å². The van der Waals surface area contributed by atoms with Gasteiger partial charge in [-0.2, -0.15) is 0 Å². The summed E-state index contributed by atoms with van der Waals surface area (Å²) in [6.07, 6.45) is 4.70. The average molecular weight is 248 g/mol. The van der Waals surface area contributed by atoms with Crippen molar-refractivity contribution in [3.05, 3.63) is 17.5 Å². The Labute approximate surface area is 109 Å². The number of aryl methyl sites for hydroxylation is 1. The summed E-state index contributed by atoms with van der Waals surface area (Å²) in [5.74, 6) is 1.16. The lowest BCUT2D eigenvalue weighted by atomic mass is 9.91. The first-order valence-electron chi connectivity index (χ1n) is 6.94. The molecule has 0 amide bonds. The molecule has 0 bridgehead atoms. The van der Waals surface area contributed by atoms with Gasteiger partial charge in [-0.05, 0) is 31.7 Å². The summed E-state index contributed by atoms with van der Waals surface area (Å²) in [7, 11) is 0. The second kappa shape index (κ2) is 5.65. The predicted molar refractivity (Wildman–Crippen MR) is 74.7 cm³/mol. The van der Waals surface area contributed by atoms with Crippen LogP contribution in [0.5, 0.6) is 0 Å². The van der Waals surface area contributed by atoms with Crippen molar-refractivity contribution in [2.45, 2.75) is 64.5 Å². The molecule has 1 fully saturated rings. The van der Waals surface area contributed by atoms with Gasteiger partial charge in [0.05, 0.1) is 0 Å². The first-order valence-corrected chi connectivity index (χ1v) is 6.94. The Bertz CT molecular complexity index is 403. The van der Waals surface area contributed by atoms with Crippen LogP contribution in [0.3, 0.4) is 0 Å². The summed E-state index contributed by atoms with van der Waals surface area (Å²) in [6.45, 7) is 6.31. The molecule has 0 aliphatic heterocycles. The molecule has 2 atom stereocenters. The third kappa shape index (κ3) is 3.19. The van der Waals surface area contributed by atoms with Crippen molar-refractivity contribution in [1.82, 2.24) is 9.97 Å². The summed E-state index contributed by atoms with van der Waals surface area (Å²) < 4.78 is 0. The number of anilines is 1. The third-order valence-electron chi connectivity index (χ3n) is 3.60. The number of rotatable bonds is 3. The summed E-state index contributed by atoms with van der Waals surface area (Å²) in [5.41, 5.74) is 8.25. The minimum absolute atomic E-state index is 0.227. The number of nitrogens with zero attached hydrogens (tertiary/aromatic N) is 2. The van der Waals surface area contributed by atoms with Crippen molar-refractivity contribution >= 4 is 5.95 Å². The van der Waals surface area contributed by atoms with Crippen LogP contribution in [-0.4, -0.2) is 22.1 Å². The highest BCUT2D eigenvalue weighted by Crippen LogP contribution is 2.21. The van der Waals surface area contributed by atoms with E-state index in [1.54, 1.807) is 0 Å². The molecular weight excluding hydrogens is 224 g/mol. The summed E-state index contributed by atoms with van der Waals surface area (Å²) in [6, 6.07) is 2.60. The van der Waals surface area contributed by atoms with E-state index in [9.17, 15) is 0 Å². The summed E-state index contributed by atoms with van der Waals surface area (Å²) >= 11 is 0. The molecule has 2 rings (SSSR count). The van der Waals surface area contributed by atoms with E-state index in [4.69, 9.17) is 5.73 Å². The van der Waals surface area contributed by atoms with Gasteiger partial charge in [-0.25, -0.2) is 9.97 Å². The Kier molecular flexibility index (Phi) is 4.17. The van der Waals surface area contributed by atoms with Gasteiger partial charge >= 0.3 is 0 Å². The van der Waals surface area contributed by atoms with E-state index in [1.165, 1.54) is 12.8 Å². The molecule has 0 unspecified atom stereocenters. The largest absolute Gasteiger partial charge is 0.350 e. The molecule has 0 spiro atoms. The van der Waals surface area contributed by atoms with Crippen LogP contribution >= 0.6 is 0 Å². The van der Waals surface area contributed by atoms with Gasteiger partial charge in [0.15, 0.2) is 0 Å². The lowest BCUT2D eigenvalue weighted by Gasteiger charge is -2.29. The third-order valence-corrected chi connectivity index (χ3v) is 3.60. The fourth-order valence-corrected chi connectivity index (χ4v) is 2.46. The zero-order valence-electron chi connectivity index (χ0n) is 11.6. The molecule has 1 aliphatic carbocycles. The lowest BCUT2D eigenvalue weighted by Crippen LogP contribution is -2.43. The SMILES string of the molecule is Cc1cc(C(C)C)nc(N[C@@H]2CCCC[C@H]2N)n1. The Balaban J connectivity index is 2.12. The van der Waals surface area contributed by atoms with Crippen molar-refractivity contribution in [3.63, 3.8) is 0 Å². The molecule has 18 heavy (non-hydrogen) atoms. The number of aromatic nitrogens is 2. The Morgan fingerprint density at radius 1 is 1.28 bits per heavy atom. The normalized spacial score (nSPS) is 24.3. The van der Waals surface area contributed by atoms with Gasteiger partial charge in [0.25, 0.3) is 0 Å². The van der Waals surface area contributed by atoms with Crippen molar-refractivity contribution < 1.29 is 0 Å². The molecule has 0 saturated heterocycles. The molecule has 1 heterocycles. The van der Waals surface area contributed by atoms with Crippen LogP contribution in [0.4, 0.5) is 5.95 Å². The number of hydrogen-bond donors (Lipinski definition) is 2. The van der Waals surface area contributed by atoms with Crippen LogP contribution in [0, 0.1) is 6.92 Å². The minimum atomic E-state index is 0.227. The highest BCUT2D eigenvalue weighted by molar-refractivity contribution is 5.31. The quantitative estimate of drug-likeness (QED) is 0.863. The average Bonchev–Trinajstić information content (AvgIpc) is 2.31. The summed E-state index contributed by atoms with van der Waals surface area (Å²) in [5, 5.41) is 3.42. The van der Waals surface area contributed by atoms with E-state index in [0.29, 0.717) is 12.0 Å². The van der Waals surface area contributed by atoms with Gasteiger partial charge in [0, 0.05) is 23.5 Å². The van der Waals surface area contributed by atoms with E-state index >= 15 is 0 Å². The molecular formula is C14H24N4. The molecule has 100 valence electrons. The zero-order valence-corrected chi connectivity index (χ0v) is 11.6. The Morgan fingerprint density at radius 3 is 2.67 bits per heavy atom. The molecule has 0 radical (unpaired) electrons. The van der Waals surface area contributed by atoms with Crippen LogP contribution in [0.2, 0.25) is 0 Å². The molecule has 1 saturated carbocycles. The molecule has 3 N–H and O–H groups in total. The maximum atomic E-state index is 6.14. The van der Waals surface area contributed by atoms with Gasteiger partial charge in [-0.3, -0.25) is 0 Å². The molecule has 1 aliphatic rings. The van der Waals surface area contributed by atoms with E-state index in [0.717, 1.165) is 30.2 Å². The smallest absolute Gasteiger partial charge is 0.223 e. The van der Waals surface area contributed by atoms with Crippen LogP contribution in [0.1, 0.15) is 56.8 Å². The van der Waals surface area contributed by atoms with Crippen molar-refractivity contribution in [1.29, 1.82) is 0 Å². The number of nitrogens with one attached hydrogen (secondary N) is 1. The maximum absolute atomic E-state index is 6.14. The number of nitrogens with two attached hydrogens (primary N) is 1. The van der Waals surface area contributed by atoms with Crippen LogP contribution in [0.25, 0.3) is 0 Å². The zero-order chi connectivity index (χ0) is 13.1. The van der Waals surface area contributed by atoms with E-state index in [2.05, 4.69) is 35.2 Å². The van der Waals surface area contributed by atoms with Gasteiger partial charge in [-0.15, -0.1) is 0 Å². The monoisotopic (exact) mass is 248 g/mol. The van der Waals surface area contributed by atoms with E-state index in [-0.39, 0.29) is 6.04 Å². The highest BCUT2D eigenvalue weighted by Gasteiger charge is 2.22. The first-order chi connectivity index (χ1) is 8.56. The van der Waals surface area contributed by atoms with Gasteiger partial charge in [-0.1, -0.05) is 26.7 Å². The maximum Gasteiger partial charge on any atom is 0.223 e. The van der Waals surface area contributed by atoms with Gasteiger partial charge < -0.3 is 11.1 Å². The van der Waals surface area contributed by atoms with E-state index in [1.807, 2.05) is 6.92 Å². The van der Waals surface area contributed by atoms with Gasteiger partial charge in [0.2, 0.25) is 5.95 Å². The number of hydrogen-bond acceptors (Lipinski definition) is 4.